The fourth-order valence-corrected chi connectivity index (χ4v) is 8.56. The van der Waals surface area contributed by atoms with Crippen LogP contribution in [-0.2, 0) is 38.1 Å². The summed E-state index contributed by atoms with van der Waals surface area (Å²) in [4.78, 5) is 38.9. The number of carbonyl (C=O) groups excluding carboxylic acids is 3. The summed E-state index contributed by atoms with van der Waals surface area (Å²) in [5, 5.41) is 122. The van der Waals surface area contributed by atoms with Crippen molar-refractivity contribution < 1.29 is 94.2 Å². The number of rotatable bonds is 6. The Kier molecular flexibility index (Phi) is 26.8. The van der Waals surface area contributed by atoms with Crippen LogP contribution in [0.2, 0.25) is 0 Å². The molecule has 14 N–H and O–H groups in total. The van der Waals surface area contributed by atoms with E-state index in [1.54, 1.807) is 86.8 Å². The molecule has 2 bridgehead atoms. The van der Waals surface area contributed by atoms with Gasteiger partial charge < -0.3 is 90.9 Å². The maximum absolute atomic E-state index is 13.9. The van der Waals surface area contributed by atoms with Crippen LogP contribution in [-0.4, -0.2) is 191 Å². The smallest absolute Gasteiger partial charge is 0.330 e. The lowest BCUT2D eigenvalue weighted by Crippen LogP contribution is -2.62. The van der Waals surface area contributed by atoms with Crippen molar-refractivity contribution >= 4 is 17.8 Å². The molecule has 0 radical (unpaired) electrons. The topological polar surface area (TPSA) is 358 Å². The van der Waals surface area contributed by atoms with Crippen LogP contribution in [0.25, 0.3) is 0 Å². The van der Waals surface area contributed by atoms with Gasteiger partial charge in [0.2, 0.25) is 5.91 Å². The minimum absolute atomic E-state index is 0.175. The van der Waals surface area contributed by atoms with Crippen LogP contribution < -0.4 is 11.1 Å². The number of methoxy groups -OCH3 is 1. The number of hydrogen-bond acceptors (Lipinski definition) is 20. The number of aliphatic hydroxyl groups is 11. The number of esters is 2. The SMILES string of the molecule is COC(=O)C(CO)NC(=O)[C@H]1C2C[C@@H](O[C@@H]3O[C@H](C)[C@@H](O)[C@H](N)[C@@H]3O)/C=C/C=C/C=C/C=C/C=C/C=C/C=C/[C@H](C)[C@@H](O)[C@@H](C)[C@H](C)OC(=O)C[C@H](O)CC(O)C[C@H](O)CC[C@@H](O)[C@H](O)C[C@](O)(C[C@@H]1O)O2. The minimum atomic E-state index is -2.44. The molecule has 0 aromatic carbocycles. The van der Waals surface area contributed by atoms with E-state index in [0.717, 1.165) is 7.11 Å². The third-order valence-electron chi connectivity index (χ3n) is 13.0. The molecule has 0 aromatic rings. The molecule has 2 saturated heterocycles. The zero-order valence-electron chi connectivity index (χ0n) is 41.7. The van der Waals surface area contributed by atoms with Crippen LogP contribution in [0.15, 0.2) is 85.1 Å². The molecule has 3 heterocycles. The first kappa shape index (κ1) is 62.3. The van der Waals surface area contributed by atoms with Gasteiger partial charge in [0.05, 0.1) is 99.2 Å². The summed E-state index contributed by atoms with van der Waals surface area (Å²) in [6, 6.07) is -2.75. The lowest BCUT2D eigenvalue weighted by atomic mass is 9.82. The molecule has 72 heavy (non-hydrogen) atoms. The van der Waals surface area contributed by atoms with E-state index in [1.165, 1.54) is 13.0 Å². The van der Waals surface area contributed by atoms with Gasteiger partial charge in [-0.05, 0) is 39.5 Å². The molecule has 0 spiro atoms. The molecule has 21 heteroatoms. The highest BCUT2D eigenvalue weighted by Crippen LogP contribution is 2.38. The summed E-state index contributed by atoms with van der Waals surface area (Å²) in [5.74, 6) is -7.55. The first-order valence-corrected chi connectivity index (χ1v) is 24.5. The normalized spacial score (nSPS) is 42.5. The lowest BCUT2D eigenvalue weighted by molar-refractivity contribution is -0.308. The van der Waals surface area contributed by atoms with E-state index in [-0.39, 0.29) is 38.0 Å². The zero-order valence-corrected chi connectivity index (χ0v) is 41.7. The number of aliphatic hydroxyl groups excluding tert-OH is 10. The third-order valence-corrected chi connectivity index (χ3v) is 13.0. The van der Waals surface area contributed by atoms with E-state index in [9.17, 15) is 70.6 Å². The van der Waals surface area contributed by atoms with E-state index < -0.39 is 159 Å². The second-order valence-corrected chi connectivity index (χ2v) is 19.0. The number of nitrogens with two attached hydrogens (primary N) is 1. The fraction of sp³-hybridized carbons (Fsp3) is 0.667. The van der Waals surface area contributed by atoms with Crippen molar-refractivity contribution in [2.75, 3.05) is 13.7 Å². The molecule has 3 rings (SSSR count). The van der Waals surface area contributed by atoms with Crippen molar-refractivity contribution in [3.63, 3.8) is 0 Å². The fourth-order valence-electron chi connectivity index (χ4n) is 8.56. The van der Waals surface area contributed by atoms with Crippen LogP contribution in [0.5, 0.6) is 0 Å². The van der Waals surface area contributed by atoms with Crippen molar-refractivity contribution in [2.45, 2.75) is 183 Å². The molecule has 0 aromatic heterocycles. The lowest BCUT2D eigenvalue weighted by Gasteiger charge is -2.46. The van der Waals surface area contributed by atoms with Gasteiger partial charge in [0.25, 0.3) is 0 Å². The number of amides is 1. The van der Waals surface area contributed by atoms with Crippen molar-refractivity contribution in [1.29, 1.82) is 0 Å². The van der Waals surface area contributed by atoms with Gasteiger partial charge in [-0.1, -0.05) is 98.9 Å². The molecular weight excluding hydrogens is 945 g/mol. The van der Waals surface area contributed by atoms with Crippen LogP contribution in [0, 0.1) is 17.8 Å². The van der Waals surface area contributed by atoms with E-state index in [0.29, 0.717) is 0 Å². The second kappa shape index (κ2) is 31.0. The van der Waals surface area contributed by atoms with Crippen LogP contribution >= 0.6 is 0 Å². The summed E-state index contributed by atoms with van der Waals surface area (Å²) in [6.07, 6.45) is 2.40. The Morgan fingerprint density at radius 3 is 1.86 bits per heavy atom. The van der Waals surface area contributed by atoms with Gasteiger partial charge in [0.1, 0.15) is 12.2 Å². The Labute approximate surface area is 421 Å². The molecule has 408 valence electrons. The summed E-state index contributed by atoms with van der Waals surface area (Å²) >= 11 is 0. The molecule has 0 saturated carbocycles. The molecule has 3 unspecified atom stereocenters. The summed E-state index contributed by atoms with van der Waals surface area (Å²) in [6.45, 7) is 5.82. The number of hydrogen-bond donors (Lipinski definition) is 13. The van der Waals surface area contributed by atoms with E-state index in [4.69, 9.17) is 24.7 Å². The predicted octanol–water partition coefficient (Wildman–Crippen LogP) is -0.723. The van der Waals surface area contributed by atoms with Crippen molar-refractivity contribution in [3.05, 3.63) is 85.1 Å². The van der Waals surface area contributed by atoms with Crippen LogP contribution in [0.1, 0.15) is 79.1 Å². The maximum Gasteiger partial charge on any atom is 0.330 e. The van der Waals surface area contributed by atoms with Gasteiger partial charge in [-0.15, -0.1) is 0 Å². The van der Waals surface area contributed by atoms with E-state index in [1.807, 2.05) is 13.0 Å². The zero-order chi connectivity index (χ0) is 53.7. The van der Waals surface area contributed by atoms with Gasteiger partial charge in [-0.3, -0.25) is 9.59 Å². The molecule has 3 aliphatic heterocycles. The van der Waals surface area contributed by atoms with Gasteiger partial charge in [0, 0.05) is 31.1 Å². The van der Waals surface area contributed by atoms with Crippen molar-refractivity contribution in [2.24, 2.45) is 23.5 Å². The van der Waals surface area contributed by atoms with Crippen LogP contribution in [0.3, 0.4) is 0 Å². The Hall–Kier alpha value is -4.01. The number of ether oxygens (including phenoxy) is 5. The van der Waals surface area contributed by atoms with E-state index >= 15 is 0 Å². The molecule has 0 aliphatic carbocycles. The number of cyclic esters (lactones) is 1. The van der Waals surface area contributed by atoms with Gasteiger partial charge in [-0.2, -0.15) is 0 Å². The molecule has 21 nitrogen and oxygen atoms in total. The molecular formula is C51H80N2O19. The number of nitrogens with one attached hydrogen (secondary N) is 1. The first-order chi connectivity index (χ1) is 34.0. The maximum atomic E-state index is 13.9. The van der Waals surface area contributed by atoms with Crippen LogP contribution in [0.4, 0.5) is 0 Å². The number of carbonyl (C=O) groups is 3. The largest absolute Gasteiger partial charge is 0.467 e. The standard InChI is InChI=1S/C51H80N2O19/c1-29-18-16-14-12-10-8-6-7-9-11-13-15-17-19-36(71-50-47(64)44(52)46(63)32(4)70-50)25-41-43(48(65)53-37(28-54)49(66)68-5)40(60)27-51(67,72-41)26-39(59)38(58)21-20-33(55)22-34(56)23-35(57)24-42(61)69-31(3)30(2)45(29)62/h6-19,29-41,43-47,50,54-60,62-64,67H,20-28,52H2,1-5H3,(H,53,65)/b7-6+,10-8+,11-9+,14-12+,15-13+,18-16+,19-17+/t29-,30-,31-,32+,33+,34?,35+,36-,37?,38+,39+,40-,41?,43+,44-,45+,46+,47-,50-,51+/m0/s1. The highest BCUT2D eigenvalue weighted by Gasteiger charge is 2.51. The minimum Gasteiger partial charge on any atom is -0.467 e. The Balaban J connectivity index is 1.97. The number of allylic oxidation sites excluding steroid dienone is 12. The second-order valence-electron chi connectivity index (χ2n) is 19.0. The monoisotopic (exact) mass is 1020 g/mol. The molecule has 20 atom stereocenters. The highest BCUT2D eigenvalue weighted by atomic mass is 16.7. The van der Waals surface area contributed by atoms with Gasteiger partial charge in [-0.25, -0.2) is 4.79 Å². The molecule has 3 aliphatic rings. The number of fused-ring (bicyclic) bond motifs is 2. The average molecular weight is 1030 g/mol. The molecule has 2 fully saturated rings. The predicted molar refractivity (Wildman–Crippen MR) is 260 cm³/mol. The Morgan fingerprint density at radius 1 is 0.722 bits per heavy atom. The summed E-state index contributed by atoms with van der Waals surface area (Å²) < 4.78 is 28.2. The quantitative estimate of drug-likeness (QED) is 0.146. The summed E-state index contributed by atoms with van der Waals surface area (Å²) in [5.41, 5.74) is 6.08. The Bertz CT molecular complexity index is 1870. The highest BCUT2D eigenvalue weighted by molar-refractivity contribution is 5.86. The Morgan fingerprint density at radius 2 is 1.28 bits per heavy atom. The van der Waals surface area contributed by atoms with Gasteiger partial charge >= 0.3 is 11.9 Å². The summed E-state index contributed by atoms with van der Waals surface area (Å²) in [7, 11) is 1.04. The third kappa shape index (κ3) is 20.4. The van der Waals surface area contributed by atoms with Crippen molar-refractivity contribution in [3.8, 4) is 0 Å². The van der Waals surface area contributed by atoms with Crippen molar-refractivity contribution in [1.82, 2.24) is 5.32 Å². The van der Waals surface area contributed by atoms with E-state index in [2.05, 4.69) is 10.1 Å². The average Bonchev–Trinajstić information content (AvgIpc) is 3.31. The first-order valence-electron chi connectivity index (χ1n) is 24.5. The van der Waals surface area contributed by atoms with Gasteiger partial charge in [0.15, 0.2) is 18.1 Å². The molecule has 1 amide bonds.